The fraction of sp³-hybridized carbons (Fsp3) is 0.364. The Morgan fingerprint density at radius 3 is 2.35 bits per heavy atom. The van der Waals surface area contributed by atoms with Crippen molar-refractivity contribution in [3.8, 4) is 17.2 Å². The van der Waals surface area contributed by atoms with E-state index in [4.69, 9.17) is 9.47 Å². The van der Waals surface area contributed by atoms with Crippen LogP contribution in [0.1, 0.15) is 11.7 Å². The van der Waals surface area contributed by atoms with Crippen molar-refractivity contribution in [1.82, 2.24) is 0 Å². The standard InChI is InChI=1S/C11H14O6/c1-15-7-5-4-6(12)8(10(7)16-2)9(13)11(14)17-3/h4-5,9,12-13H,1-3H3. The molecule has 6 nitrogen and oxygen atoms in total. The average molecular weight is 242 g/mol. The predicted octanol–water partition coefficient (Wildman–Crippen LogP) is 0.616. The Kier molecular flexibility index (Phi) is 4.17. The first kappa shape index (κ1) is 13.1. The number of aliphatic hydroxyl groups is 1. The Labute approximate surface area is 98.3 Å². The number of ether oxygens (including phenoxy) is 3. The van der Waals surface area contributed by atoms with Gasteiger partial charge in [0.15, 0.2) is 17.6 Å². The first-order valence-corrected chi connectivity index (χ1v) is 4.76. The Bertz CT molecular complexity index is 415. The molecule has 1 rings (SSSR count). The summed E-state index contributed by atoms with van der Waals surface area (Å²) < 4.78 is 14.4. The first-order chi connectivity index (χ1) is 8.06. The summed E-state index contributed by atoms with van der Waals surface area (Å²) in [5.74, 6) is -0.791. The van der Waals surface area contributed by atoms with Gasteiger partial charge in [-0.1, -0.05) is 0 Å². The summed E-state index contributed by atoms with van der Waals surface area (Å²) in [7, 11) is 3.88. The molecular formula is C11H14O6. The summed E-state index contributed by atoms with van der Waals surface area (Å²) >= 11 is 0. The monoisotopic (exact) mass is 242 g/mol. The number of hydrogen-bond donors (Lipinski definition) is 2. The summed E-state index contributed by atoms with van der Waals surface area (Å²) in [5.41, 5.74) is -0.0845. The Morgan fingerprint density at radius 2 is 1.88 bits per heavy atom. The molecule has 94 valence electrons. The topological polar surface area (TPSA) is 85.2 Å². The van der Waals surface area contributed by atoms with Gasteiger partial charge in [-0.2, -0.15) is 0 Å². The van der Waals surface area contributed by atoms with Gasteiger partial charge in [0.25, 0.3) is 0 Å². The molecule has 0 aliphatic carbocycles. The number of carbonyl (C=O) groups excluding carboxylic acids is 1. The van der Waals surface area contributed by atoms with E-state index in [-0.39, 0.29) is 17.1 Å². The lowest BCUT2D eigenvalue weighted by Crippen LogP contribution is -2.15. The minimum Gasteiger partial charge on any atom is -0.507 e. The van der Waals surface area contributed by atoms with Crippen molar-refractivity contribution in [3.05, 3.63) is 17.7 Å². The number of aliphatic hydroxyl groups excluding tert-OH is 1. The van der Waals surface area contributed by atoms with Gasteiger partial charge >= 0.3 is 5.97 Å². The zero-order valence-corrected chi connectivity index (χ0v) is 9.76. The van der Waals surface area contributed by atoms with Crippen LogP contribution in [0, 0.1) is 0 Å². The molecular weight excluding hydrogens is 228 g/mol. The molecule has 1 atom stereocenters. The quantitative estimate of drug-likeness (QED) is 0.753. The predicted molar refractivity (Wildman–Crippen MR) is 58.2 cm³/mol. The van der Waals surface area contributed by atoms with E-state index in [1.54, 1.807) is 0 Å². The van der Waals surface area contributed by atoms with Crippen molar-refractivity contribution in [2.75, 3.05) is 21.3 Å². The van der Waals surface area contributed by atoms with Crippen LogP contribution in [0.25, 0.3) is 0 Å². The molecule has 0 fully saturated rings. The maximum absolute atomic E-state index is 11.3. The van der Waals surface area contributed by atoms with Gasteiger partial charge in [-0.25, -0.2) is 4.79 Å². The van der Waals surface area contributed by atoms with Crippen LogP contribution in [0.3, 0.4) is 0 Å². The molecule has 1 aromatic carbocycles. The van der Waals surface area contributed by atoms with Crippen LogP contribution in [0.15, 0.2) is 12.1 Å². The van der Waals surface area contributed by atoms with E-state index in [0.29, 0.717) is 5.75 Å². The van der Waals surface area contributed by atoms with Crippen LogP contribution in [0.2, 0.25) is 0 Å². The second kappa shape index (κ2) is 5.40. The van der Waals surface area contributed by atoms with E-state index in [1.807, 2.05) is 0 Å². The number of phenolic OH excluding ortho intramolecular Hbond substituents is 1. The number of rotatable bonds is 4. The van der Waals surface area contributed by atoms with Crippen LogP contribution in [0.4, 0.5) is 0 Å². The minimum absolute atomic E-state index is 0.0845. The fourth-order valence-corrected chi connectivity index (χ4v) is 1.43. The molecule has 1 aromatic rings. The van der Waals surface area contributed by atoms with Gasteiger partial charge in [-0.3, -0.25) is 0 Å². The van der Waals surface area contributed by atoms with Gasteiger partial charge in [0.2, 0.25) is 0 Å². The highest BCUT2D eigenvalue weighted by Gasteiger charge is 2.27. The number of esters is 1. The summed E-state index contributed by atoms with van der Waals surface area (Å²) in [6.07, 6.45) is -1.63. The Hall–Kier alpha value is -1.95. The van der Waals surface area contributed by atoms with Gasteiger partial charge < -0.3 is 24.4 Å². The van der Waals surface area contributed by atoms with E-state index in [1.165, 1.54) is 26.4 Å². The third-order valence-electron chi connectivity index (χ3n) is 2.26. The van der Waals surface area contributed by atoms with Crippen LogP contribution in [0.5, 0.6) is 17.2 Å². The lowest BCUT2D eigenvalue weighted by Gasteiger charge is -2.16. The normalized spacial score (nSPS) is 11.8. The van der Waals surface area contributed by atoms with Gasteiger partial charge in [0, 0.05) is 0 Å². The molecule has 0 bridgehead atoms. The van der Waals surface area contributed by atoms with Gasteiger partial charge in [0.05, 0.1) is 26.9 Å². The molecule has 0 aromatic heterocycles. The highest BCUT2D eigenvalue weighted by atomic mass is 16.5. The third kappa shape index (κ3) is 2.42. The summed E-state index contributed by atoms with van der Waals surface area (Å²) in [6, 6.07) is 2.75. The second-order valence-electron chi connectivity index (χ2n) is 3.16. The van der Waals surface area contributed by atoms with E-state index >= 15 is 0 Å². The molecule has 17 heavy (non-hydrogen) atoms. The molecule has 0 amide bonds. The number of phenols is 1. The number of methoxy groups -OCH3 is 3. The lowest BCUT2D eigenvalue weighted by molar-refractivity contribution is -0.150. The highest BCUT2D eigenvalue weighted by molar-refractivity contribution is 5.79. The SMILES string of the molecule is COC(=O)C(O)c1c(O)ccc(OC)c1OC. The summed E-state index contributed by atoms with van der Waals surface area (Å²) in [4.78, 5) is 11.3. The molecule has 2 N–H and O–H groups in total. The van der Waals surface area contributed by atoms with Crippen molar-refractivity contribution in [2.45, 2.75) is 6.10 Å². The second-order valence-corrected chi connectivity index (χ2v) is 3.16. The molecule has 0 radical (unpaired) electrons. The molecule has 6 heteroatoms. The average Bonchev–Trinajstić information content (AvgIpc) is 2.36. The molecule has 0 aliphatic heterocycles. The summed E-state index contributed by atoms with van der Waals surface area (Å²) in [5, 5.41) is 19.4. The van der Waals surface area contributed by atoms with E-state index in [9.17, 15) is 15.0 Å². The number of carbonyl (C=O) groups is 1. The van der Waals surface area contributed by atoms with Crippen LogP contribution in [-0.4, -0.2) is 37.5 Å². The van der Waals surface area contributed by atoms with Crippen LogP contribution >= 0.6 is 0 Å². The van der Waals surface area contributed by atoms with E-state index in [0.717, 1.165) is 7.11 Å². The fourth-order valence-electron chi connectivity index (χ4n) is 1.43. The van der Waals surface area contributed by atoms with Crippen molar-refractivity contribution in [2.24, 2.45) is 0 Å². The molecule has 0 saturated carbocycles. The summed E-state index contributed by atoms with van der Waals surface area (Å²) in [6.45, 7) is 0. The van der Waals surface area contributed by atoms with Crippen molar-refractivity contribution in [1.29, 1.82) is 0 Å². The number of hydrogen-bond acceptors (Lipinski definition) is 6. The smallest absolute Gasteiger partial charge is 0.339 e. The van der Waals surface area contributed by atoms with E-state index < -0.39 is 12.1 Å². The highest BCUT2D eigenvalue weighted by Crippen LogP contribution is 2.40. The van der Waals surface area contributed by atoms with Gasteiger partial charge in [0.1, 0.15) is 5.75 Å². The Morgan fingerprint density at radius 1 is 1.24 bits per heavy atom. The molecule has 0 spiro atoms. The third-order valence-corrected chi connectivity index (χ3v) is 2.26. The molecule has 1 unspecified atom stereocenters. The zero-order valence-electron chi connectivity index (χ0n) is 9.76. The van der Waals surface area contributed by atoms with Crippen LogP contribution < -0.4 is 9.47 Å². The zero-order chi connectivity index (χ0) is 13.0. The lowest BCUT2D eigenvalue weighted by atomic mass is 10.1. The maximum atomic E-state index is 11.3. The number of aromatic hydroxyl groups is 1. The molecule has 0 saturated heterocycles. The van der Waals surface area contributed by atoms with Crippen molar-refractivity contribution in [3.63, 3.8) is 0 Å². The number of benzene rings is 1. The molecule has 0 aliphatic rings. The van der Waals surface area contributed by atoms with E-state index in [2.05, 4.69) is 4.74 Å². The molecule has 0 heterocycles. The first-order valence-electron chi connectivity index (χ1n) is 4.76. The largest absolute Gasteiger partial charge is 0.507 e. The van der Waals surface area contributed by atoms with Gasteiger partial charge in [-0.05, 0) is 12.1 Å². The van der Waals surface area contributed by atoms with Gasteiger partial charge in [-0.15, -0.1) is 0 Å². The van der Waals surface area contributed by atoms with Crippen LogP contribution in [-0.2, 0) is 9.53 Å². The Balaban J connectivity index is 3.34. The van der Waals surface area contributed by atoms with Crippen molar-refractivity contribution < 1.29 is 29.2 Å². The maximum Gasteiger partial charge on any atom is 0.339 e. The minimum atomic E-state index is -1.63. The van der Waals surface area contributed by atoms with Crippen molar-refractivity contribution >= 4 is 5.97 Å².